The second-order valence-corrected chi connectivity index (χ2v) is 5.53. The first-order valence-corrected chi connectivity index (χ1v) is 6.97. The molecule has 2 atom stereocenters. The number of nitrogen functional groups attached to an aromatic ring is 1. The average molecular weight is 261 g/mol. The fourth-order valence-electron chi connectivity index (χ4n) is 2.52. The van der Waals surface area contributed by atoms with Gasteiger partial charge in [-0.2, -0.15) is 0 Å². The van der Waals surface area contributed by atoms with Crippen LogP contribution in [-0.4, -0.2) is 24.0 Å². The number of hydrogen-bond donors (Lipinski definition) is 2. The molecule has 0 radical (unpaired) electrons. The zero-order valence-corrected chi connectivity index (χ0v) is 11.7. The normalized spacial score (nSPS) is 20.9. The molecule has 2 rings (SSSR count). The zero-order valence-electron chi connectivity index (χ0n) is 11.7. The van der Waals surface area contributed by atoms with Crippen LogP contribution >= 0.6 is 0 Å². The molecule has 0 aromatic heterocycles. The second kappa shape index (κ2) is 5.95. The summed E-state index contributed by atoms with van der Waals surface area (Å²) in [6.45, 7) is 5.92. The van der Waals surface area contributed by atoms with Crippen LogP contribution in [0.2, 0.25) is 0 Å². The van der Waals surface area contributed by atoms with Crippen molar-refractivity contribution in [2.75, 3.05) is 18.8 Å². The average Bonchev–Trinajstić information content (AvgIpc) is 2.39. The van der Waals surface area contributed by atoms with Crippen molar-refractivity contribution in [3.05, 3.63) is 29.8 Å². The van der Waals surface area contributed by atoms with E-state index in [1.807, 2.05) is 36.1 Å². The van der Waals surface area contributed by atoms with Gasteiger partial charge in [-0.1, -0.05) is 19.1 Å². The Bertz CT molecular complexity index is 430. The molecule has 1 aliphatic rings. The molecular weight excluding hydrogens is 238 g/mol. The first kappa shape index (κ1) is 13.7. The number of nitrogens with zero attached hydrogens (tertiary/aromatic N) is 1. The van der Waals surface area contributed by atoms with Crippen molar-refractivity contribution in [3.8, 4) is 0 Å². The van der Waals surface area contributed by atoms with E-state index in [2.05, 4.69) is 12.2 Å². The smallest absolute Gasteiger partial charge is 0.317 e. The lowest BCUT2D eigenvalue weighted by Gasteiger charge is -2.32. The van der Waals surface area contributed by atoms with Crippen molar-refractivity contribution < 1.29 is 4.79 Å². The minimum Gasteiger partial charge on any atom is -0.399 e. The van der Waals surface area contributed by atoms with Crippen LogP contribution in [0.25, 0.3) is 0 Å². The summed E-state index contributed by atoms with van der Waals surface area (Å²) in [4.78, 5) is 14.1. The van der Waals surface area contributed by atoms with Gasteiger partial charge >= 0.3 is 6.03 Å². The van der Waals surface area contributed by atoms with E-state index in [-0.39, 0.29) is 12.1 Å². The molecule has 1 aromatic carbocycles. The third-order valence-electron chi connectivity index (χ3n) is 3.72. The molecule has 1 aliphatic heterocycles. The molecule has 0 bridgehead atoms. The lowest BCUT2D eigenvalue weighted by Crippen LogP contribution is -2.45. The molecule has 2 amide bonds. The number of benzene rings is 1. The summed E-state index contributed by atoms with van der Waals surface area (Å²) in [5.74, 6) is 0.603. The van der Waals surface area contributed by atoms with Crippen molar-refractivity contribution in [3.63, 3.8) is 0 Å². The SMILES string of the molecule is CC1CCCN(C(=O)NC(C)c2ccc(N)cc2)C1. The van der Waals surface area contributed by atoms with E-state index in [9.17, 15) is 4.79 Å². The highest BCUT2D eigenvalue weighted by Crippen LogP contribution is 2.18. The molecule has 1 saturated heterocycles. The molecule has 3 N–H and O–H groups in total. The minimum absolute atomic E-state index is 0.00494. The van der Waals surface area contributed by atoms with E-state index in [1.165, 1.54) is 6.42 Å². The van der Waals surface area contributed by atoms with Crippen LogP contribution in [0.3, 0.4) is 0 Å². The third-order valence-corrected chi connectivity index (χ3v) is 3.72. The van der Waals surface area contributed by atoms with Crippen molar-refractivity contribution in [2.45, 2.75) is 32.7 Å². The van der Waals surface area contributed by atoms with Gasteiger partial charge < -0.3 is 16.0 Å². The molecule has 104 valence electrons. The number of urea groups is 1. The maximum atomic E-state index is 12.2. The number of piperidine rings is 1. The van der Waals surface area contributed by atoms with Crippen LogP contribution in [0.4, 0.5) is 10.5 Å². The van der Waals surface area contributed by atoms with Gasteiger partial charge in [0.25, 0.3) is 0 Å². The quantitative estimate of drug-likeness (QED) is 0.804. The number of nitrogens with two attached hydrogens (primary N) is 1. The Morgan fingerprint density at radius 2 is 2.11 bits per heavy atom. The van der Waals surface area contributed by atoms with Crippen LogP contribution in [0, 0.1) is 5.92 Å². The highest BCUT2D eigenvalue weighted by molar-refractivity contribution is 5.74. The number of likely N-dealkylation sites (tertiary alicyclic amines) is 1. The fraction of sp³-hybridized carbons (Fsp3) is 0.533. The third kappa shape index (κ3) is 3.63. The molecule has 1 fully saturated rings. The highest BCUT2D eigenvalue weighted by atomic mass is 16.2. The monoisotopic (exact) mass is 261 g/mol. The summed E-state index contributed by atoms with van der Waals surface area (Å²) in [6, 6.07) is 7.68. The van der Waals surface area contributed by atoms with Crippen LogP contribution < -0.4 is 11.1 Å². The van der Waals surface area contributed by atoms with Gasteiger partial charge in [-0.25, -0.2) is 4.79 Å². The predicted octanol–water partition coefficient (Wildman–Crippen LogP) is 2.77. The minimum atomic E-state index is 0.00494. The summed E-state index contributed by atoms with van der Waals surface area (Å²) in [6.07, 6.45) is 2.32. The fourth-order valence-corrected chi connectivity index (χ4v) is 2.52. The number of carbonyl (C=O) groups is 1. The number of amides is 2. The van der Waals surface area contributed by atoms with Crippen molar-refractivity contribution >= 4 is 11.7 Å². The Balaban J connectivity index is 1.92. The Labute approximate surface area is 115 Å². The Kier molecular flexibility index (Phi) is 4.30. The molecule has 0 saturated carbocycles. The highest BCUT2D eigenvalue weighted by Gasteiger charge is 2.22. The molecule has 1 heterocycles. The van der Waals surface area contributed by atoms with E-state index in [0.29, 0.717) is 5.92 Å². The molecule has 0 spiro atoms. The molecule has 0 aliphatic carbocycles. The molecule has 2 unspecified atom stereocenters. The summed E-state index contributed by atoms with van der Waals surface area (Å²) < 4.78 is 0. The van der Waals surface area contributed by atoms with Gasteiger partial charge in [0.15, 0.2) is 0 Å². The summed E-state index contributed by atoms with van der Waals surface area (Å²) in [5, 5.41) is 3.05. The summed E-state index contributed by atoms with van der Waals surface area (Å²) in [7, 11) is 0. The number of anilines is 1. The van der Waals surface area contributed by atoms with Crippen LogP contribution in [0.5, 0.6) is 0 Å². The first-order chi connectivity index (χ1) is 9.06. The summed E-state index contributed by atoms with van der Waals surface area (Å²) >= 11 is 0. The van der Waals surface area contributed by atoms with E-state index < -0.39 is 0 Å². The second-order valence-electron chi connectivity index (χ2n) is 5.53. The van der Waals surface area contributed by atoms with Gasteiger partial charge in [-0.05, 0) is 43.4 Å². The lowest BCUT2D eigenvalue weighted by atomic mass is 10.0. The Morgan fingerprint density at radius 3 is 2.74 bits per heavy atom. The molecular formula is C15H23N3O. The van der Waals surface area contributed by atoms with Gasteiger partial charge in [-0.15, -0.1) is 0 Å². The number of hydrogen-bond acceptors (Lipinski definition) is 2. The first-order valence-electron chi connectivity index (χ1n) is 6.97. The Hall–Kier alpha value is -1.71. The van der Waals surface area contributed by atoms with E-state index in [4.69, 9.17) is 5.73 Å². The molecule has 4 nitrogen and oxygen atoms in total. The predicted molar refractivity (Wildman–Crippen MR) is 77.8 cm³/mol. The van der Waals surface area contributed by atoms with Crippen LogP contribution in [0.1, 0.15) is 38.3 Å². The maximum Gasteiger partial charge on any atom is 0.317 e. The van der Waals surface area contributed by atoms with E-state index >= 15 is 0 Å². The van der Waals surface area contributed by atoms with E-state index in [1.54, 1.807) is 0 Å². The van der Waals surface area contributed by atoms with Crippen LogP contribution in [-0.2, 0) is 0 Å². The van der Waals surface area contributed by atoms with Crippen LogP contribution in [0.15, 0.2) is 24.3 Å². The Morgan fingerprint density at radius 1 is 1.42 bits per heavy atom. The van der Waals surface area contributed by atoms with Gasteiger partial charge in [0, 0.05) is 18.8 Å². The number of rotatable bonds is 2. The standard InChI is InChI=1S/C15H23N3O/c1-11-4-3-9-18(10-11)15(19)17-12(2)13-5-7-14(16)8-6-13/h5-8,11-12H,3-4,9-10,16H2,1-2H3,(H,17,19). The zero-order chi connectivity index (χ0) is 13.8. The van der Waals surface area contributed by atoms with Gasteiger partial charge in [0.2, 0.25) is 0 Å². The van der Waals surface area contributed by atoms with Gasteiger partial charge in [0.05, 0.1) is 6.04 Å². The van der Waals surface area contributed by atoms with Crippen molar-refractivity contribution in [1.29, 1.82) is 0 Å². The molecule has 1 aromatic rings. The molecule has 19 heavy (non-hydrogen) atoms. The summed E-state index contributed by atoms with van der Waals surface area (Å²) in [5.41, 5.74) is 7.48. The van der Waals surface area contributed by atoms with Gasteiger partial charge in [-0.3, -0.25) is 0 Å². The van der Waals surface area contributed by atoms with Crippen molar-refractivity contribution in [2.24, 2.45) is 5.92 Å². The maximum absolute atomic E-state index is 12.2. The van der Waals surface area contributed by atoms with E-state index in [0.717, 1.165) is 30.8 Å². The van der Waals surface area contributed by atoms with Crippen molar-refractivity contribution in [1.82, 2.24) is 10.2 Å². The molecule has 4 heteroatoms. The largest absolute Gasteiger partial charge is 0.399 e. The van der Waals surface area contributed by atoms with Gasteiger partial charge in [0.1, 0.15) is 0 Å². The topological polar surface area (TPSA) is 58.4 Å². The number of nitrogens with one attached hydrogen (secondary N) is 1. The lowest BCUT2D eigenvalue weighted by molar-refractivity contribution is 0.167. The number of carbonyl (C=O) groups excluding carboxylic acids is 1.